The number of nitrogens with zero attached hydrogens (tertiary/aromatic N) is 1. The standard InChI is InChI=1S/C20H33N3O3/c1-14(2)25-18-9-8-16(21)11-15(18)12-23-10-6-7-17(13-23)22-19(24)26-20(3,4)5/h8-9,11,14,17H,6-7,10,12-13,21H2,1-5H3,(H,22,24)/t17-/m1/s1. The van der Waals surface area contributed by atoms with Crippen LogP contribution in [0.3, 0.4) is 0 Å². The van der Waals surface area contributed by atoms with E-state index >= 15 is 0 Å². The number of piperidine rings is 1. The molecule has 1 aromatic carbocycles. The number of carbonyl (C=O) groups is 1. The van der Waals surface area contributed by atoms with Gasteiger partial charge in [0.15, 0.2) is 0 Å². The summed E-state index contributed by atoms with van der Waals surface area (Å²) < 4.78 is 11.3. The fourth-order valence-electron chi connectivity index (χ4n) is 3.12. The lowest BCUT2D eigenvalue weighted by Crippen LogP contribution is -2.48. The van der Waals surface area contributed by atoms with Gasteiger partial charge >= 0.3 is 6.09 Å². The minimum atomic E-state index is -0.483. The first-order chi connectivity index (χ1) is 12.1. The van der Waals surface area contributed by atoms with Crippen LogP contribution in [0.5, 0.6) is 5.75 Å². The number of nitrogens with one attached hydrogen (secondary N) is 1. The zero-order chi connectivity index (χ0) is 19.3. The molecule has 26 heavy (non-hydrogen) atoms. The normalized spacial score (nSPS) is 18.6. The van der Waals surface area contributed by atoms with Crippen LogP contribution in [0.4, 0.5) is 10.5 Å². The van der Waals surface area contributed by atoms with Crippen molar-refractivity contribution in [1.82, 2.24) is 10.2 Å². The number of benzene rings is 1. The fourth-order valence-corrected chi connectivity index (χ4v) is 3.12. The Morgan fingerprint density at radius 2 is 2.12 bits per heavy atom. The van der Waals surface area contributed by atoms with Crippen molar-refractivity contribution in [3.8, 4) is 5.75 Å². The topological polar surface area (TPSA) is 76.8 Å². The van der Waals surface area contributed by atoms with Gasteiger partial charge in [0, 0.05) is 30.4 Å². The number of hydrogen-bond acceptors (Lipinski definition) is 5. The highest BCUT2D eigenvalue weighted by molar-refractivity contribution is 5.68. The molecule has 146 valence electrons. The van der Waals surface area contributed by atoms with Gasteiger partial charge in [-0.25, -0.2) is 4.79 Å². The fraction of sp³-hybridized carbons (Fsp3) is 0.650. The van der Waals surface area contributed by atoms with Gasteiger partial charge in [-0.3, -0.25) is 4.90 Å². The summed E-state index contributed by atoms with van der Waals surface area (Å²) in [6.07, 6.45) is 1.75. The van der Waals surface area contributed by atoms with E-state index in [-0.39, 0.29) is 18.2 Å². The molecule has 1 amide bonds. The number of nitrogens with two attached hydrogens (primary N) is 1. The third-order valence-corrected chi connectivity index (χ3v) is 4.07. The van der Waals surface area contributed by atoms with Crippen LogP contribution in [-0.2, 0) is 11.3 Å². The van der Waals surface area contributed by atoms with Crippen molar-refractivity contribution in [3.63, 3.8) is 0 Å². The Balaban J connectivity index is 1.98. The number of amides is 1. The molecule has 0 aromatic heterocycles. The van der Waals surface area contributed by atoms with Gasteiger partial charge in [0.25, 0.3) is 0 Å². The molecule has 6 nitrogen and oxygen atoms in total. The third-order valence-electron chi connectivity index (χ3n) is 4.07. The van der Waals surface area contributed by atoms with E-state index in [1.165, 1.54) is 0 Å². The zero-order valence-corrected chi connectivity index (χ0v) is 16.7. The number of nitrogen functional groups attached to an aromatic ring is 1. The molecule has 1 atom stereocenters. The van der Waals surface area contributed by atoms with E-state index in [0.717, 1.165) is 49.5 Å². The van der Waals surface area contributed by atoms with Gasteiger partial charge in [0.2, 0.25) is 0 Å². The minimum absolute atomic E-state index is 0.0918. The molecule has 0 unspecified atom stereocenters. The van der Waals surface area contributed by atoms with E-state index in [0.29, 0.717) is 0 Å². The molecule has 1 aromatic rings. The summed E-state index contributed by atoms with van der Waals surface area (Å²) in [6, 6.07) is 5.87. The number of anilines is 1. The highest BCUT2D eigenvalue weighted by Gasteiger charge is 2.24. The first-order valence-corrected chi connectivity index (χ1v) is 9.39. The molecule has 6 heteroatoms. The van der Waals surface area contributed by atoms with E-state index in [9.17, 15) is 4.79 Å². The van der Waals surface area contributed by atoms with Gasteiger partial charge < -0.3 is 20.5 Å². The average Bonchev–Trinajstić information content (AvgIpc) is 2.48. The van der Waals surface area contributed by atoms with Gasteiger partial charge in [0.05, 0.1) is 6.10 Å². The maximum absolute atomic E-state index is 12.0. The largest absolute Gasteiger partial charge is 0.491 e. The smallest absolute Gasteiger partial charge is 0.407 e. The third kappa shape index (κ3) is 6.75. The van der Waals surface area contributed by atoms with E-state index in [4.69, 9.17) is 15.2 Å². The predicted molar refractivity (Wildman–Crippen MR) is 104 cm³/mol. The first kappa shape index (κ1) is 20.4. The van der Waals surface area contributed by atoms with Crippen molar-refractivity contribution >= 4 is 11.8 Å². The summed E-state index contributed by atoms with van der Waals surface area (Å²) in [4.78, 5) is 14.4. The minimum Gasteiger partial charge on any atom is -0.491 e. The van der Waals surface area contributed by atoms with Crippen LogP contribution in [-0.4, -0.2) is 41.8 Å². The van der Waals surface area contributed by atoms with Crippen LogP contribution >= 0.6 is 0 Å². The molecule has 0 bridgehead atoms. The second kappa shape index (κ2) is 8.62. The maximum atomic E-state index is 12.0. The lowest BCUT2D eigenvalue weighted by Gasteiger charge is -2.34. The van der Waals surface area contributed by atoms with E-state index in [2.05, 4.69) is 10.2 Å². The molecule has 0 radical (unpaired) electrons. The van der Waals surface area contributed by atoms with Gasteiger partial charge in [-0.1, -0.05) is 0 Å². The maximum Gasteiger partial charge on any atom is 0.407 e. The van der Waals surface area contributed by atoms with Crippen LogP contribution in [0.15, 0.2) is 18.2 Å². The highest BCUT2D eigenvalue weighted by atomic mass is 16.6. The number of rotatable bonds is 5. The molecule has 2 rings (SSSR count). The lowest BCUT2D eigenvalue weighted by atomic mass is 10.0. The Morgan fingerprint density at radius 3 is 2.77 bits per heavy atom. The quantitative estimate of drug-likeness (QED) is 0.783. The molecule has 0 saturated carbocycles. The molecular weight excluding hydrogens is 330 g/mol. The van der Waals surface area contributed by atoms with E-state index in [1.54, 1.807) is 0 Å². The SMILES string of the molecule is CC(C)Oc1ccc(N)cc1CN1CCC[C@@H](NC(=O)OC(C)(C)C)C1. The van der Waals surface area contributed by atoms with Crippen LogP contribution < -0.4 is 15.8 Å². The molecular formula is C20H33N3O3. The summed E-state index contributed by atoms with van der Waals surface area (Å²) in [5, 5.41) is 2.99. The zero-order valence-electron chi connectivity index (χ0n) is 16.7. The molecule has 1 heterocycles. The molecule has 1 fully saturated rings. The monoisotopic (exact) mass is 363 g/mol. The van der Waals surface area contributed by atoms with Crippen molar-refractivity contribution in [1.29, 1.82) is 0 Å². The van der Waals surface area contributed by atoms with Crippen LogP contribution in [0.25, 0.3) is 0 Å². The number of hydrogen-bond donors (Lipinski definition) is 2. The molecule has 1 aliphatic rings. The predicted octanol–water partition coefficient (Wildman–Crippen LogP) is 3.55. The second-order valence-corrected chi connectivity index (χ2v) is 8.25. The van der Waals surface area contributed by atoms with Crippen molar-refractivity contribution in [3.05, 3.63) is 23.8 Å². The Morgan fingerprint density at radius 1 is 1.38 bits per heavy atom. The Kier molecular flexibility index (Phi) is 6.75. The summed E-state index contributed by atoms with van der Waals surface area (Å²) in [5.74, 6) is 0.872. The molecule has 3 N–H and O–H groups in total. The Hall–Kier alpha value is -1.95. The number of alkyl carbamates (subject to hydrolysis) is 1. The summed E-state index contributed by atoms with van der Waals surface area (Å²) >= 11 is 0. The van der Waals surface area contributed by atoms with Gasteiger partial charge in [-0.15, -0.1) is 0 Å². The number of carbonyl (C=O) groups excluding carboxylic acids is 1. The van der Waals surface area contributed by atoms with Gasteiger partial charge in [0.1, 0.15) is 11.4 Å². The van der Waals surface area contributed by atoms with Crippen molar-refractivity contribution in [2.75, 3.05) is 18.8 Å². The first-order valence-electron chi connectivity index (χ1n) is 9.39. The average molecular weight is 364 g/mol. The van der Waals surface area contributed by atoms with Crippen molar-refractivity contribution < 1.29 is 14.3 Å². The molecule has 1 aliphatic heterocycles. The van der Waals surface area contributed by atoms with Gasteiger partial charge in [-0.2, -0.15) is 0 Å². The van der Waals surface area contributed by atoms with Crippen LogP contribution in [0.1, 0.15) is 53.0 Å². The number of likely N-dealkylation sites (tertiary alicyclic amines) is 1. The van der Waals surface area contributed by atoms with Crippen molar-refractivity contribution in [2.45, 2.75) is 71.8 Å². The lowest BCUT2D eigenvalue weighted by molar-refractivity contribution is 0.0469. The molecule has 0 spiro atoms. The van der Waals surface area contributed by atoms with E-state index < -0.39 is 5.60 Å². The Labute approximate surface area is 157 Å². The van der Waals surface area contributed by atoms with E-state index in [1.807, 2.05) is 52.8 Å². The van der Waals surface area contributed by atoms with Crippen molar-refractivity contribution in [2.24, 2.45) is 0 Å². The summed E-state index contributed by atoms with van der Waals surface area (Å²) in [5.41, 5.74) is 7.30. The Bertz CT molecular complexity index is 611. The molecule has 1 saturated heterocycles. The van der Waals surface area contributed by atoms with Crippen LogP contribution in [0.2, 0.25) is 0 Å². The van der Waals surface area contributed by atoms with Crippen LogP contribution in [0, 0.1) is 0 Å². The van der Waals surface area contributed by atoms with Gasteiger partial charge in [-0.05, 0) is 72.2 Å². The molecule has 0 aliphatic carbocycles. The second-order valence-electron chi connectivity index (χ2n) is 8.25. The summed E-state index contributed by atoms with van der Waals surface area (Å²) in [6.45, 7) is 12.2. The highest BCUT2D eigenvalue weighted by Crippen LogP contribution is 2.25. The number of ether oxygens (including phenoxy) is 2. The summed E-state index contributed by atoms with van der Waals surface area (Å²) in [7, 11) is 0.